The summed E-state index contributed by atoms with van der Waals surface area (Å²) in [4.78, 5) is 7.56. The number of piperazine rings is 1. The van der Waals surface area contributed by atoms with Gasteiger partial charge in [0, 0.05) is 45.8 Å². The van der Waals surface area contributed by atoms with Crippen LogP contribution in [0, 0.1) is 0 Å². The fourth-order valence-electron chi connectivity index (χ4n) is 3.05. The number of aliphatic imine (C=N–C) groups is 1. The van der Waals surface area contributed by atoms with Gasteiger partial charge in [-0.25, -0.2) is 0 Å². The van der Waals surface area contributed by atoms with Gasteiger partial charge in [0.2, 0.25) is 0 Å². The number of nitrogens with two attached hydrogens (primary N) is 3. The largest absolute Gasteiger partial charge is 0.502 e. The van der Waals surface area contributed by atoms with Crippen molar-refractivity contribution in [1.29, 1.82) is 0 Å². The molecule has 0 amide bonds. The Morgan fingerprint density at radius 1 is 1.15 bits per heavy atom. The van der Waals surface area contributed by atoms with Crippen LogP contribution in [-0.4, -0.2) is 60.5 Å². The number of nitrogens with zero attached hydrogens (tertiary/aromatic N) is 3. The Morgan fingerprint density at radius 2 is 1.70 bits per heavy atom. The third-order valence-corrected chi connectivity index (χ3v) is 4.67. The molecule has 1 aromatic carbocycles. The lowest BCUT2D eigenvalue weighted by molar-refractivity contribution is -0.137. The second kappa shape index (κ2) is 8.49. The second-order valence-electron chi connectivity index (χ2n) is 6.24. The first kappa shape index (κ1) is 20.8. The molecule has 0 radical (unpaired) electrons. The first-order valence-electron chi connectivity index (χ1n) is 8.46. The van der Waals surface area contributed by atoms with E-state index < -0.39 is 11.7 Å². The molecule has 1 fully saturated rings. The van der Waals surface area contributed by atoms with Crippen LogP contribution in [0.2, 0.25) is 0 Å². The minimum Gasteiger partial charge on any atom is -0.502 e. The van der Waals surface area contributed by atoms with Crippen molar-refractivity contribution >= 4 is 5.84 Å². The highest BCUT2D eigenvalue weighted by atomic mass is 19.4. The number of hydrogen-bond acceptors (Lipinski definition) is 6. The van der Waals surface area contributed by atoms with Gasteiger partial charge in [-0.2, -0.15) is 13.2 Å². The van der Waals surface area contributed by atoms with Gasteiger partial charge in [0.1, 0.15) is 5.82 Å². The van der Waals surface area contributed by atoms with E-state index in [-0.39, 0.29) is 30.0 Å². The van der Waals surface area contributed by atoms with Crippen LogP contribution in [0.3, 0.4) is 0 Å². The van der Waals surface area contributed by atoms with E-state index in [1.54, 1.807) is 4.90 Å². The Hall–Kier alpha value is -2.46. The molecule has 0 spiro atoms. The molecule has 7 nitrogen and oxygen atoms in total. The SMILES string of the molecule is CN=C(N)C(O)=C(N)N1CCN(C(CN)c2ccc(C(F)(F)F)cc2)CC1. The lowest BCUT2D eigenvalue weighted by Crippen LogP contribution is -2.50. The van der Waals surface area contributed by atoms with Crippen LogP contribution in [-0.2, 0) is 6.18 Å². The molecule has 27 heavy (non-hydrogen) atoms. The Labute approximate surface area is 155 Å². The predicted molar refractivity (Wildman–Crippen MR) is 97.8 cm³/mol. The predicted octanol–water partition coefficient (Wildman–Crippen LogP) is 0.996. The molecule has 0 bridgehead atoms. The molecule has 0 saturated carbocycles. The van der Waals surface area contributed by atoms with E-state index in [9.17, 15) is 18.3 Å². The van der Waals surface area contributed by atoms with E-state index in [1.165, 1.54) is 19.2 Å². The van der Waals surface area contributed by atoms with Crippen LogP contribution < -0.4 is 17.2 Å². The fraction of sp³-hybridized carbons (Fsp3) is 0.471. The average molecular weight is 386 g/mol. The van der Waals surface area contributed by atoms with E-state index in [2.05, 4.69) is 9.89 Å². The zero-order chi connectivity index (χ0) is 20.2. The number of amidine groups is 1. The molecule has 0 aliphatic carbocycles. The van der Waals surface area contributed by atoms with Gasteiger partial charge >= 0.3 is 6.18 Å². The maximum atomic E-state index is 12.7. The summed E-state index contributed by atoms with van der Waals surface area (Å²) in [6.45, 7) is 2.48. The van der Waals surface area contributed by atoms with Gasteiger partial charge in [-0.3, -0.25) is 9.89 Å². The zero-order valence-electron chi connectivity index (χ0n) is 15.1. The van der Waals surface area contributed by atoms with E-state index in [0.29, 0.717) is 26.2 Å². The quantitative estimate of drug-likeness (QED) is 0.341. The molecule has 2 rings (SSSR count). The molecule has 1 aliphatic heterocycles. The van der Waals surface area contributed by atoms with Gasteiger partial charge in [-0.1, -0.05) is 12.1 Å². The normalized spacial score (nSPS) is 19.0. The highest BCUT2D eigenvalue weighted by Crippen LogP contribution is 2.31. The van der Waals surface area contributed by atoms with Crippen LogP contribution >= 0.6 is 0 Å². The van der Waals surface area contributed by atoms with Crippen molar-refractivity contribution in [2.45, 2.75) is 12.2 Å². The minimum absolute atomic E-state index is 0.0421. The smallest absolute Gasteiger partial charge is 0.416 e. The molecule has 1 unspecified atom stereocenters. The Morgan fingerprint density at radius 3 is 2.15 bits per heavy atom. The van der Waals surface area contributed by atoms with Crippen LogP contribution in [0.25, 0.3) is 0 Å². The highest BCUT2D eigenvalue weighted by Gasteiger charge is 2.31. The van der Waals surface area contributed by atoms with Crippen molar-refractivity contribution in [2.75, 3.05) is 39.8 Å². The van der Waals surface area contributed by atoms with E-state index in [4.69, 9.17) is 17.2 Å². The maximum Gasteiger partial charge on any atom is 0.416 e. The molecule has 10 heteroatoms. The van der Waals surface area contributed by atoms with Gasteiger partial charge in [0.15, 0.2) is 11.6 Å². The molecule has 1 aliphatic rings. The van der Waals surface area contributed by atoms with E-state index in [0.717, 1.165) is 17.7 Å². The van der Waals surface area contributed by atoms with Crippen molar-refractivity contribution in [3.8, 4) is 0 Å². The second-order valence-corrected chi connectivity index (χ2v) is 6.24. The Kier molecular flexibility index (Phi) is 6.55. The minimum atomic E-state index is -4.36. The first-order valence-corrected chi connectivity index (χ1v) is 8.46. The lowest BCUT2D eigenvalue weighted by Gasteiger charge is -2.40. The zero-order valence-corrected chi connectivity index (χ0v) is 15.1. The summed E-state index contributed by atoms with van der Waals surface area (Å²) < 4.78 is 38.2. The van der Waals surface area contributed by atoms with Gasteiger partial charge < -0.3 is 27.2 Å². The summed E-state index contributed by atoms with van der Waals surface area (Å²) in [7, 11) is 1.45. The van der Waals surface area contributed by atoms with Crippen molar-refractivity contribution in [3.05, 3.63) is 47.0 Å². The fourth-order valence-corrected chi connectivity index (χ4v) is 3.05. The number of hydrogen-bond donors (Lipinski definition) is 4. The van der Waals surface area contributed by atoms with Crippen molar-refractivity contribution in [1.82, 2.24) is 9.80 Å². The summed E-state index contributed by atoms with van der Waals surface area (Å²) in [5.41, 5.74) is 17.4. The summed E-state index contributed by atoms with van der Waals surface area (Å²) in [5.74, 6) is -0.153. The standard InChI is InChI=1S/C17H25F3N6O/c1-24-15(22)14(27)16(23)26-8-6-25(7-9-26)13(10-21)11-2-4-12(5-3-11)17(18,19)20/h2-5,13,27H,6-10,21,23H2,1H3,(H2,22,24). The number of rotatable bonds is 5. The monoisotopic (exact) mass is 386 g/mol. The summed E-state index contributed by atoms with van der Waals surface area (Å²) >= 11 is 0. The van der Waals surface area contributed by atoms with Crippen LogP contribution in [0.15, 0.2) is 40.8 Å². The third-order valence-electron chi connectivity index (χ3n) is 4.67. The molecule has 150 valence electrons. The van der Waals surface area contributed by atoms with Crippen LogP contribution in [0.5, 0.6) is 0 Å². The number of aliphatic hydroxyl groups is 1. The van der Waals surface area contributed by atoms with Crippen LogP contribution in [0.1, 0.15) is 17.2 Å². The van der Waals surface area contributed by atoms with Gasteiger partial charge in [0.25, 0.3) is 0 Å². The molecule has 1 atom stereocenters. The molecular formula is C17H25F3N6O. The van der Waals surface area contributed by atoms with Gasteiger partial charge in [-0.05, 0) is 17.7 Å². The van der Waals surface area contributed by atoms with Crippen molar-refractivity contribution in [2.24, 2.45) is 22.2 Å². The van der Waals surface area contributed by atoms with Crippen LogP contribution in [0.4, 0.5) is 13.2 Å². The van der Waals surface area contributed by atoms with Gasteiger partial charge in [-0.15, -0.1) is 0 Å². The molecule has 7 N–H and O–H groups in total. The summed E-state index contributed by atoms with van der Waals surface area (Å²) in [5, 5.41) is 9.96. The highest BCUT2D eigenvalue weighted by molar-refractivity contribution is 5.95. The maximum absolute atomic E-state index is 12.7. The van der Waals surface area contributed by atoms with Crippen molar-refractivity contribution < 1.29 is 18.3 Å². The topological polar surface area (TPSA) is 117 Å². The Bertz CT molecular complexity index is 694. The summed E-state index contributed by atoms with van der Waals surface area (Å²) in [6.07, 6.45) is -4.36. The Balaban J connectivity index is 2.07. The van der Waals surface area contributed by atoms with E-state index >= 15 is 0 Å². The average Bonchev–Trinajstić information content (AvgIpc) is 2.67. The molecular weight excluding hydrogens is 361 g/mol. The van der Waals surface area contributed by atoms with Gasteiger partial charge in [0.05, 0.1) is 5.56 Å². The number of alkyl halides is 3. The number of aliphatic hydroxyl groups excluding tert-OH is 1. The molecule has 0 aromatic heterocycles. The molecule has 1 aromatic rings. The van der Waals surface area contributed by atoms with Crippen molar-refractivity contribution in [3.63, 3.8) is 0 Å². The third kappa shape index (κ3) is 4.83. The lowest BCUT2D eigenvalue weighted by atomic mass is 10.0. The molecule has 1 heterocycles. The first-order chi connectivity index (χ1) is 12.7. The summed E-state index contributed by atoms with van der Waals surface area (Å²) in [6, 6.07) is 4.87. The molecule has 1 saturated heterocycles. The number of halogens is 3. The van der Waals surface area contributed by atoms with E-state index in [1.807, 2.05) is 0 Å². The number of benzene rings is 1.